The topological polar surface area (TPSA) is 38.8 Å². The van der Waals surface area contributed by atoms with Crippen molar-refractivity contribution >= 4 is 40.3 Å². The Kier molecular flexibility index (Phi) is 5.92. The molecule has 1 atom stereocenters. The van der Waals surface area contributed by atoms with Crippen LogP contribution in [0.3, 0.4) is 0 Å². The zero-order valence-corrected chi connectivity index (χ0v) is 15.3. The summed E-state index contributed by atoms with van der Waals surface area (Å²) >= 11 is 6.74. The Morgan fingerprint density at radius 3 is 3.04 bits per heavy atom. The minimum absolute atomic E-state index is 0.0363. The monoisotopic (exact) mass is 363 g/mol. The number of thioether (sulfide) groups is 1. The first-order valence-corrected chi connectivity index (χ1v) is 9.50. The third-order valence-corrected chi connectivity index (χ3v) is 5.33. The second-order valence-corrected chi connectivity index (χ2v) is 7.49. The third-order valence-electron chi connectivity index (χ3n) is 3.95. The van der Waals surface area contributed by atoms with Gasteiger partial charge in [-0.15, -0.1) is 0 Å². The van der Waals surface area contributed by atoms with Gasteiger partial charge in [-0.05, 0) is 31.4 Å². The highest BCUT2D eigenvalue weighted by atomic mass is 32.2. The predicted octanol–water partition coefficient (Wildman–Crippen LogP) is 3.86. The number of thiocarbonyl (C=S) groups is 1. The van der Waals surface area contributed by atoms with E-state index in [9.17, 15) is 4.79 Å². The van der Waals surface area contributed by atoms with Crippen LogP contribution in [-0.2, 0) is 9.53 Å². The standard InChI is InChI=1S/C18H21NO3S2/c1-2-9-22-15-8-4-3-6-13(15)11-16-17(20)19(18(23)24-16)12-14-7-5-10-21-14/h3-4,6,8,11,14H,2,5,7,9-10,12H2,1H3/b16-11+/t14-/m1/s1. The molecule has 4 nitrogen and oxygen atoms in total. The zero-order chi connectivity index (χ0) is 16.9. The van der Waals surface area contributed by atoms with Crippen molar-refractivity contribution in [3.63, 3.8) is 0 Å². The minimum Gasteiger partial charge on any atom is -0.493 e. The van der Waals surface area contributed by atoms with Gasteiger partial charge in [-0.25, -0.2) is 0 Å². The van der Waals surface area contributed by atoms with Crippen LogP contribution in [0.5, 0.6) is 5.75 Å². The molecule has 3 rings (SSSR count). The maximum atomic E-state index is 12.7. The number of hydrogen-bond acceptors (Lipinski definition) is 5. The lowest BCUT2D eigenvalue weighted by Crippen LogP contribution is -2.35. The van der Waals surface area contributed by atoms with E-state index in [2.05, 4.69) is 6.92 Å². The van der Waals surface area contributed by atoms with Crippen LogP contribution in [0.2, 0.25) is 0 Å². The van der Waals surface area contributed by atoms with E-state index in [1.54, 1.807) is 4.90 Å². The molecule has 2 aliphatic rings. The van der Waals surface area contributed by atoms with Crippen molar-refractivity contribution in [2.75, 3.05) is 19.8 Å². The summed E-state index contributed by atoms with van der Waals surface area (Å²) in [7, 11) is 0. The van der Waals surface area contributed by atoms with E-state index < -0.39 is 0 Å². The molecule has 2 heterocycles. The van der Waals surface area contributed by atoms with Crippen LogP contribution < -0.4 is 4.74 Å². The molecule has 0 unspecified atom stereocenters. The number of nitrogens with zero attached hydrogens (tertiary/aromatic N) is 1. The minimum atomic E-state index is -0.0363. The summed E-state index contributed by atoms with van der Waals surface area (Å²) in [5.74, 6) is 0.759. The molecule has 2 fully saturated rings. The lowest BCUT2D eigenvalue weighted by molar-refractivity contribution is -0.123. The van der Waals surface area contributed by atoms with Crippen molar-refractivity contribution in [2.45, 2.75) is 32.3 Å². The predicted molar refractivity (Wildman–Crippen MR) is 101 cm³/mol. The molecule has 0 aromatic heterocycles. The Balaban J connectivity index is 1.76. The van der Waals surface area contributed by atoms with Gasteiger partial charge in [-0.2, -0.15) is 0 Å². The van der Waals surface area contributed by atoms with E-state index in [0.717, 1.165) is 37.2 Å². The number of carbonyl (C=O) groups excluding carboxylic acids is 1. The van der Waals surface area contributed by atoms with Crippen LogP contribution >= 0.6 is 24.0 Å². The second-order valence-electron chi connectivity index (χ2n) is 5.81. The molecule has 0 saturated carbocycles. The number of rotatable bonds is 6. The highest BCUT2D eigenvalue weighted by Gasteiger charge is 2.34. The van der Waals surface area contributed by atoms with Gasteiger partial charge in [0.25, 0.3) is 5.91 Å². The van der Waals surface area contributed by atoms with Gasteiger partial charge in [0.1, 0.15) is 10.1 Å². The number of amides is 1. The quantitative estimate of drug-likeness (QED) is 0.567. The first kappa shape index (κ1) is 17.5. The fourth-order valence-corrected chi connectivity index (χ4v) is 4.00. The number of carbonyl (C=O) groups is 1. The molecule has 0 radical (unpaired) electrons. The molecule has 24 heavy (non-hydrogen) atoms. The number of ether oxygens (including phenoxy) is 2. The van der Waals surface area contributed by atoms with Gasteiger partial charge in [-0.3, -0.25) is 9.69 Å². The maximum Gasteiger partial charge on any atom is 0.266 e. The van der Waals surface area contributed by atoms with E-state index in [0.29, 0.717) is 22.4 Å². The molecule has 128 valence electrons. The lowest BCUT2D eigenvalue weighted by Gasteiger charge is -2.18. The molecular weight excluding hydrogens is 342 g/mol. The Morgan fingerprint density at radius 2 is 2.29 bits per heavy atom. The SMILES string of the molecule is CCCOc1ccccc1/C=C1/SC(=S)N(C[C@H]2CCCO2)C1=O. The van der Waals surface area contributed by atoms with Gasteiger partial charge < -0.3 is 9.47 Å². The van der Waals surface area contributed by atoms with E-state index in [1.807, 2.05) is 30.3 Å². The summed E-state index contributed by atoms with van der Waals surface area (Å²) in [5, 5.41) is 0. The Labute approximate surface area is 152 Å². The third kappa shape index (κ3) is 3.99. The normalized spacial score (nSPS) is 22.6. The number of hydrogen-bond donors (Lipinski definition) is 0. The Morgan fingerprint density at radius 1 is 1.46 bits per heavy atom. The molecule has 1 amide bonds. The van der Waals surface area contributed by atoms with Crippen molar-refractivity contribution in [1.82, 2.24) is 4.90 Å². The number of para-hydroxylation sites is 1. The first-order valence-electron chi connectivity index (χ1n) is 8.28. The van der Waals surface area contributed by atoms with E-state index >= 15 is 0 Å². The van der Waals surface area contributed by atoms with Crippen LogP contribution in [0.4, 0.5) is 0 Å². The summed E-state index contributed by atoms with van der Waals surface area (Å²) in [6.07, 6.45) is 4.96. The summed E-state index contributed by atoms with van der Waals surface area (Å²) in [6, 6.07) is 7.76. The molecule has 0 aliphatic carbocycles. The molecule has 1 aromatic carbocycles. The highest BCUT2D eigenvalue weighted by molar-refractivity contribution is 8.26. The maximum absolute atomic E-state index is 12.7. The Bertz CT molecular complexity index is 653. The van der Waals surface area contributed by atoms with Crippen LogP contribution in [0.1, 0.15) is 31.7 Å². The van der Waals surface area contributed by atoms with Gasteiger partial charge in [0.15, 0.2) is 0 Å². The molecule has 1 aromatic rings. The summed E-state index contributed by atoms with van der Waals surface area (Å²) in [6.45, 7) is 4.05. The molecule has 2 saturated heterocycles. The van der Waals surface area contributed by atoms with Gasteiger partial charge in [0.2, 0.25) is 0 Å². The van der Waals surface area contributed by atoms with E-state index in [-0.39, 0.29) is 12.0 Å². The van der Waals surface area contributed by atoms with Gasteiger partial charge in [-0.1, -0.05) is 49.1 Å². The molecular formula is C18H21NO3S2. The largest absolute Gasteiger partial charge is 0.493 e. The first-order chi connectivity index (χ1) is 11.7. The van der Waals surface area contributed by atoms with Crippen LogP contribution in [0.15, 0.2) is 29.2 Å². The lowest BCUT2D eigenvalue weighted by atomic mass is 10.2. The molecule has 2 aliphatic heterocycles. The van der Waals surface area contributed by atoms with Crippen molar-refractivity contribution in [2.24, 2.45) is 0 Å². The van der Waals surface area contributed by atoms with Gasteiger partial charge >= 0.3 is 0 Å². The molecule has 0 spiro atoms. The van der Waals surface area contributed by atoms with Crippen molar-refractivity contribution < 1.29 is 14.3 Å². The average Bonchev–Trinajstić information content (AvgIpc) is 3.18. The molecule has 0 N–H and O–H groups in total. The zero-order valence-electron chi connectivity index (χ0n) is 13.7. The second kappa shape index (κ2) is 8.14. The fourth-order valence-electron chi connectivity index (χ4n) is 2.73. The summed E-state index contributed by atoms with van der Waals surface area (Å²) < 4.78 is 12.0. The average molecular weight is 364 g/mol. The Hall–Kier alpha value is -1.37. The molecule has 0 bridgehead atoms. The van der Waals surface area contributed by atoms with E-state index in [1.165, 1.54) is 11.8 Å². The fraction of sp³-hybridized carbons (Fsp3) is 0.444. The summed E-state index contributed by atoms with van der Waals surface area (Å²) in [5.41, 5.74) is 0.906. The smallest absolute Gasteiger partial charge is 0.266 e. The number of benzene rings is 1. The van der Waals surface area contributed by atoms with Crippen molar-refractivity contribution in [3.05, 3.63) is 34.7 Å². The van der Waals surface area contributed by atoms with Gasteiger partial charge in [0, 0.05) is 12.2 Å². The van der Waals surface area contributed by atoms with Crippen LogP contribution in [0.25, 0.3) is 6.08 Å². The summed E-state index contributed by atoms with van der Waals surface area (Å²) in [4.78, 5) is 15.0. The van der Waals surface area contributed by atoms with Gasteiger partial charge in [0.05, 0.1) is 24.2 Å². The van der Waals surface area contributed by atoms with Crippen LogP contribution in [-0.4, -0.2) is 41.0 Å². The van der Waals surface area contributed by atoms with Crippen molar-refractivity contribution in [1.29, 1.82) is 0 Å². The highest BCUT2D eigenvalue weighted by Crippen LogP contribution is 2.35. The van der Waals surface area contributed by atoms with Crippen molar-refractivity contribution in [3.8, 4) is 5.75 Å². The molecule has 6 heteroatoms. The van der Waals surface area contributed by atoms with Crippen LogP contribution in [0, 0.1) is 0 Å². The van der Waals surface area contributed by atoms with E-state index in [4.69, 9.17) is 21.7 Å².